The van der Waals surface area contributed by atoms with E-state index in [1.54, 1.807) is 0 Å². The van der Waals surface area contributed by atoms with Gasteiger partial charge in [0.2, 0.25) is 5.84 Å². The van der Waals surface area contributed by atoms with Crippen molar-refractivity contribution in [1.29, 1.82) is 0 Å². The molecule has 0 aliphatic carbocycles. The first-order valence-electron chi connectivity index (χ1n) is 8.35. The Morgan fingerprint density at radius 3 is 2.13 bits per heavy atom. The highest BCUT2D eigenvalue weighted by atomic mass is 19.4. The second-order valence-corrected chi connectivity index (χ2v) is 6.08. The molecule has 0 aliphatic rings. The number of urea groups is 1. The number of amidine groups is 1. The van der Waals surface area contributed by atoms with Gasteiger partial charge in [-0.3, -0.25) is 10.1 Å². The van der Waals surface area contributed by atoms with Crippen molar-refractivity contribution in [3.05, 3.63) is 53.3 Å². The van der Waals surface area contributed by atoms with E-state index in [0.29, 0.717) is 0 Å². The number of aromatic nitrogens is 2. The third kappa shape index (κ3) is 6.65. The van der Waals surface area contributed by atoms with Crippen LogP contribution < -0.4 is 21.4 Å². The predicted octanol–water partition coefficient (Wildman–Crippen LogP) is 2.45. The van der Waals surface area contributed by atoms with Crippen LogP contribution in [-0.4, -0.2) is 28.8 Å². The number of carbonyl (C=O) groups is 2. The second kappa shape index (κ2) is 8.97. The SMILES string of the molecule is CC(NC(=O)c1cc(C(F)(F)F)cc(C(F)(F)F)c1)C(=Nc1nccc[nH+]1)NC(N)=O. The number of hydrogen-bond acceptors (Lipinski definition) is 4. The Bertz CT molecular complexity index is 959. The van der Waals surface area contributed by atoms with E-state index >= 15 is 0 Å². The van der Waals surface area contributed by atoms with Gasteiger partial charge in [-0.25, -0.2) is 9.78 Å². The van der Waals surface area contributed by atoms with Crippen LogP contribution in [0.15, 0.2) is 41.7 Å². The number of hydrogen-bond donors (Lipinski definition) is 3. The van der Waals surface area contributed by atoms with Crippen molar-refractivity contribution in [2.75, 3.05) is 0 Å². The number of nitrogens with two attached hydrogens (primary N) is 1. The predicted molar refractivity (Wildman–Crippen MR) is 94.0 cm³/mol. The number of nitrogens with zero attached hydrogens (tertiary/aromatic N) is 2. The Morgan fingerprint density at radius 1 is 1.10 bits per heavy atom. The van der Waals surface area contributed by atoms with Crippen LogP contribution in [0, 0.1) is 0 Å². The minimum Gasteiger partial charge on any atom is -0.351 e. The number of carbonyl (C=O) groups excluding carboxylic acids is 2. The van der Waals surface area contributed by atoms with Crippen LogP contribution in [0.4, 0.5) is 37.1 Å². The van der Waals surface area contributed by atoms with Crippen LogP contribution in [0.5, 0.6) is 0 Å². The van der Waals surface area contributed by atoms with Crippen LogP contribution in [0.1, 0.15) is 28.4 Å². The molecule has 0 fully saturated rings. The normalized spacial score (nSPS) is 13.5. The quantitative estimate of drug-likeness (QED) is 0.377. The fraction of sp³-hybridized carbons (Fsp3) is 0.235. The summed E-state index contributed by atoms with van der Waals surface area (Å²) >= 11 is 0. The van der Waals surface area contributed by atoms with Crippen molar-refractivity contribution in [3.8, 4) is 0 Å². The molecule has 2 rings (SSSR count). The van der Waals surface area contributed by atoms with Crippen LogP contribution in [0.25, 0.3) is 0 Å². The average molecular weight is 449 g/mol. The zero-order valence-electron chi connectivity index (χ0n) is 15.6. The molecule has 5 N–H and O–H groups in total. The molecule has 0 saturated carbocycles. The molecular weight excluding hydrogens is 434 g/mol. The van der Waals surface area contributed by atoms with E-state index in [9.17, 15) is 35.9 Å². The summed E-state index contributed by atoms with van der Waals surface area (Å²) in [5.41, 5.74) is 0.854. The molecule has 0 spiro atoms. The highest BCUT2D eigenvalue weighted by Crippen LogP contribution is 2.36. The molecule has 14 heteroatoms. The van der Waals surface area contributed by atoms with Gasteiger partial charge < -0.3 is 11.1 Å². The van der Waals surface area contributed by atoms with Gasteiger partial charge in [0, 0.05) is 11.6 Å². The molecular formula is C17H15F6N6O2+. The lowest BCUT2D eigenvalue weighted by atomic mass is 10.0. The van der Waals surface area contributed by atoms with E-state index in [1.807, 2.05) is 0 Å². The summed E-state index contributed by atoms with van der Waals surface area (Å²) < 4.78 is 77.9. The van der Waals surface area contributed by atoms with Gasteiger partial charge >= 0.3 is 24.3 Å². The number of aliphatic imine (C=N–C) groups is 1. The number of rotatable bonds is 4. The summed E-state index contributed by atoms with van der Waals surface area (Å²) in [5, 5.41) is 4.27. The van der Waals surface area contributed by atoms with Crippen LogP contribution >= 0.6 is 0 Å². The number of benzene rings is 1. The monoisotopic (exact) mass is 449 g/mol. The number of amides is 3. The van der Waals surface area contributed by atoms with Crippen LogP contribution in [-0.2, 0) is 12.4 Å². The van der Waals surface area contributed by atoms with E-state index in [-0.39, 0.29) is 30.0 Å². The van der Waals surface area contributed by atoms with Crippen molar-refractivity contribution in [1.82, 2.24) is 15.6 Å². The Balaban J connectivity index is 2.37. The van der Waals surface area contributed by atoms with Gasteiger partial charge in [-0.1, -0.05) is 9.98 Å². The molecule has 0 aliphatic heterocycles. The standard InChI is InChI=1S/C17H14F6N6O2/c1-8(12(28-14(24)31)29-15-25-3-2-4-26-15)27-13(30)9-5-10(16(18,19)20)7-11(6-9)17(21,22)23/h2-8H,1H3,(H,27,30)(H3,24,25,26,28,29,31)/p+1. The van der Waals surface area contributed by atoms with Gasteiger partial charge in [0.05, 0.1) is 17.3 Å². The van der Waals surface area contributed by atoms with Gasteiger partial charge in [0.15, 0.2) is 0 Å². The van der Waals surface area contributed by atoms with E-state index in [0.717, 1.165) is 0 Å². The maximum Gasteiger partial charge on any atom is 0.432 e. The maximum absolute atomic E-state index is 13.0. The lowest BCUT2D eigenvalue weighted by Gasteiger charge is -2.16. The molecule has 2 aromatic rings. The minimum absolute atomic E-state index is 0.0224. The van der Waals surface area contributed by atoms with Crippen molar-refractivity contribution in [3.63, 3.8) is 0 Å². The Kier molecular flexibility index (Phi) is 6.82. The molecule has 1 aromatic heterocycles. The zero-order chi connectivity index (χ0) is 23.4. The molecule has 0 bridgehead atoms. The van der Waals surface area contributed by atoms with Crippen LogP contribution in [0.2, 0.25) is 0 Å². The topological polar surface area (TPSA) is 124 Å². The van der Waals surface area contributed by atoms with Gasteiger partial charge in [-0.15, -0.1) is 0 Å². The lowest BCUT2D eigenvalue weighted by Crippen LogP contribution is -2.48. The summed E-state index contributed by atoms with van der Waals surface area (Å²) in [6, 6.07) is -0.270. The molecule has 0 saturated heterocycles. The highest BCUT2D eigenvalue weighted by molar-refractivity contribution is 6.04. The molecule has 1 atom stereocenters. The second-order valence-electron chi connectivity index (χ2n) is 6.08. The van der Waals surface area contributed by atoms with Gasteiger partial charge in [0.25, 0.3) is 5.91 Å². The number of halogens is 6. The number of nitrogens with one attached hydrogen (secondary N) is 3. The summed E-state index contributed by atoms with van der Waals surface area (Å²) in [6.07, 6.45) is -7.44. The third-order valence-corrected chi connectivity index (χ3v) is 3.68. The fourth-order valence-electron chi connectivity index (χ4n) is 2.29. The first-order valence-corrected chi connectivity index (χ1v) is 8.35. The van der Waals surface area contributed by atoms with Crippen molar-refractivity contribution in [2.45, 2.75) is 25.3 Å². The molecule has 31 heavy (non-hydrogen) atoms. The Hall–Kier alpha value is -3.71. The Morgan fingerprint density at radius 2 is 1.68 bits per heavy atom. The average Bonchev–Trinajstić information content (AvgIpc) is 2.66. The van der Waals surface area contributed by atoms with Crippen molar-refractivity contribution in [2.24, 2.45) is 10.7 Å². The number of aromatic amines is 1. The first-order chi connectivity index (χ1) is 14.3. The van der Waals surface area contributed by atoms with E-state index < -0.39 is 47.0 Å². The van der Waals surface area contributed by atoms with Gasteiger partial charge in [-0.2, -0.15) is 26.3 Å². The third-order valence-electron chi connectivity index (χ3n) is 3.68. The van der Waals surface area contributed by atoms with E-state index in [2.05, 4.69) is 25.6 Å². The molecule has 1 unspecified atom stereocenters. The Labute approximate surface area is 170 Å². The number of H-pyrrole nitrogens is 1. The van der Waals surface area contributed by atoms with Crippen LogP contribution in [0.3, 0.4) is 0 Å². The summed E-state index contributed by atoms with van der Waals surface area (Å²) in [4.78, 5) is 33.9. The molecule has 8 nitrogen and oxygen atoms in total. The molecule has 1 aromatic carbocycles. The first kappa shape index (κ1) is 23.6. The van der Waals surface area contributed by atoms with Gasteiger partial charge in [0.1, 0.15) is 12.2 Å². The zero-order valence-corrected chi connectivity index (χ0v) is 15.6. The largest absolute Gasteiger partial charge is 0.432 e. The molecule has 3 amide bonds. The molecule has 1 heterocycles. The van der Waals surface area contributed by atoms with Crippen molar-refractivity contribution < 1.29 is 40.9 Å². The smallest absolute Gasteiger partial charge is 0.351 e. The van der Waals surface area contributed by atoms with E-state index in [1.165, 1.54) is 25.4 Å². The minimum atomic E-state index is -5.11. The number of alkyl halides is 6. The van der Waals surface area contributed by atoms with Gasteiger partial charge in [-0.05, 0) is 25.1 Å². The molecule has 166 valence electrons. The summed E-state index contributed by atoms with van der Waals surface area (Å²) in [7, 11) is 0. The summed E-state index contributed by atoms with van der Waals surface area (Å²) in [6.45, 7) is 1.27. The maximum atomic E-state index is 13.0. The number of primary amides is 1. The van der Waals surface area contributed by atoms with E-state index in [4.69, 9.17) is 5.73 Å². The van der Waals surface area contributed by atoms with Crippen molar-refractivity contribution >= 4 is 23.7 Å². The highest BCUT2D eigenvalue weighted by Gasteiger charge is 2.37. The lowest BCUT2D eigenvalue weighted by molar-refractivity contribution is -0.366. The fourth-order valence-corrected chi connectivity index (χ4v) is 2.29. The molecule has 0 radical (unpaired) electrons. The summed E-state index contributed by atoms with van der Waals surface area (Å²) in [5.74, 6) is -1.56.